The molecular weight excluding hydrogens is 541 g/mol. The lowest BCUT2D eigenvalue weighted by Crippen LogP contribution is -2.42. The number of aliphatic hydroxyl groups is 1. The van der Waals surface area contributed by atoms with Crippen LogP contribution < -0.4 is 9.47 Å². The van der Waals surface area contributed by atoms with Crippen molar-refractivity contribution >= 4 is 39.3 Å². The van der Waals surface area contributed by atoms with Gasteiger partial charge in [-0.3, -0.25) is 9.69 Å². The van der Waals surface area contributed by atoms with Crippen molar-refractivity contribution in [1.82, 2.24) is 4.90 Å². The monoisotopic (exact) mass is 567 g/mol. The Morgan fingerprint density at radius 2 is 1.97 bits per heavy atom. The van der Waals surface area contributed by atoms with Crippen molar-refractivity contribution in [3.63, 3.8) is 0 Å². The number of rotatable bonds is 11. The van der Waals surface area contributed by atoms with Crippen molar-refractivity contribution in [2.24, 2.45) is 0 Å². The Morgan fingerprint density at radius 1 is 1.16 bits per heavy atom. The van der Waals surface area contributed by atoms with E-state index in [9.17, 15) is 18.3 Å². The Hall–Kier alpha value is -2.56. The number of ether oxygens (including phenoxy) is 2. The van der Waals surface area contributed by atoms with Gasteiger partial charge in [0, 0.05) is 28.7 Å². The van der Waals surface area contributed by atoms with E-state index in [1.807, 2.05) is 4.90 Å². The average molecular weight is 568 g/mol. The summed E-state index contributed by atoms with van der Waals surface area (Å²) in [6.45, 7) is 0.379. The number of aliphatic hydroxyl groups excluding tert-OH is 1. The number of sulfone groups is 1. The number of carbonyl (C=O) groups excluding carboxylic acids is 1. The molecule has 0 bridgehead atoms. The lowest BCUT2D eigenvalue weighted by Gasteiger charge is -2.29. The van der Waals surface area contributed by atoms with E-state index in [2.05, 4.69) is 0 Å². The first-order chi connectivity index (χ1) is 17.7. The predicted octanol–water partition coefficient (Wildman–Crippen LogP) is 4.50. The van der Waals surface area contributed by atoms with Gasteiger partial charge in [0.1, 0.15) is 30.5 Å². The maximum atomic E-state index is 12.2. The molecule has 0 aliphatic carbocycles. The molecule has 1 fully saturated rings. The van der Waals surface area contributed by atoms with Crippen LogP contribution in [-0.4, -0.2) is 68.6 Å². The van der Waals surface area contributed by atoms with Gasteiger partial charge in [-0.2, -0.15) is 0 Å². The standard InChI is InChI=1S/C26H27Cl2NO7S/c1-34-26-10-17(14-30)2-6-25(26)35-15-20(31)12-29(19-8-9-37(32,33)16-19)13-21-4-7-24(36-21)22-11-18(27)3-5-23(22)28/h2-7,10-11,14,19-20,31H,8-9,12-13,15-16H2,1H3. The van der Waals surface area contributed by atoms with Crippen molar-refractivity contribution in [1.29, 1.82) is 0 Å². The van der Waals surface area contributed by atoms with Gasteiger partial charge in [0.25, 0.3) is 0 Å². The van der Waals surface area contributed by atoms with E-state index in [-0.39, 0.29) is 37.2 Å². The maximum Gasteiger partial charge on any atom is 0.161 e. The van der Waals surface area contributed by atoms with Crippen molar-refractivity contribution in [2.45, 2.75) is 25.1 Å². The summed E-state index contributed by atoms with van der Waals surface area (Å²) in [5.74, 6) is 2.00. The molecule has 1 N–H and O–H groups in total. The zero-order valence-electron chi connectivity index (χ0n) is 20.1. The Labute approximate surface area is 225 Å². The first-order valence-electron chi connectivity index (χ1n) is 11.6. The molecular formula is C26H27Cl2NO7S. The van der Waals surface area contributed by atoms with Crippen LogP contribution in [0.1, 0.15) is 22.5 Å². The summed E-state index contributed by atoms with van der Waals surface area (Å²) in [5.41, 5.74) is 1.09. The van der Waals surface area contributed by atoms with Crippen molar-refractivity contribution < 1.29 is 32.2 Å². The molecule has 3 aromatic rings. The number of carbonyl (C=O) groups is 1. The fourth-order valence-corrected chi connectivity index (χ4v) is 6.43. The van der Waals surface area contributed by atoms with Crippen LogP contribution in [0.4, 0.5) is 0 Å². The second kappa shape index (κ2) is 11.9. The average Bonchev–Trinajstić information content (AvgIpc) is 3.49. The van der Waals surface area contributed by atoms with Gasteiger partial charge in [0.15, 0.2) is 21.3 Å². The minimum Gasteiger partial charge on any atom is -0.493 e. The van der Waals surface area contributed by atoms with Gasteiger partial charge >= 0.3 is 0 Å². The van der Waals surface area contributed by atoms with E-state index >= 15 is 0 Å². The van der Waals surface area contributed by atoms with Crippen LogP contribution >= 0.6 is 23.2 Å². The molecule has 2 heterocycles. The number of methoxy groups -OCH3 is 1. The molecule has 1 aromatic heterocycles. The highest BCUT2D eigenvalue weighted by Gasteiger charge is 2.33. The molecule has 198 valence electrons. The molecule has 8 nitrogen and oxygen atoms in total. The van der Waals surface area contributed by atoms with Crippen LogP contribution in [0.2, 0.25) is 10.0 Å². The molecule has 4 rings (SSSR count). The zero-order valence-corrected chi connectivity index (χ0v) is 22.4. The highest BCUT2D eigenvalue weighted by Crippen LogP contribution is 2.33. The Bertz CT molecular complexity index is 1360. The van der Waals surface area contributed by atoms with Crippen LogP contribution in [0.15, 0.2) is 52.9 Å². The van der Waals surface area contributed by atoms with Gasteiger partial charge in [0.2, 0.25) is 0 Å². The third-order valence-corrected chi connectivity index (χ3v) is 8.45. The predicted molar refractivity (Wildman–Crippen MR) is 142 cm³/mol. The van der Waals surface area contributed by atoms with Crippen LogP contribution in [-0.2, 0) is 16.4 Å². The highest BCUT2D eigenvalue weighted by molar-refractivity contribution is 7.91. The molecule has 0 spiro atoms. The van der Waals surface area contributed by atoms with E-state index < -0.39 is 15.9 Å². The minimum absolute atomic E-state index is 0.00917. The number of hydrogen-bond donors (Lipinski definition) is 1. The quantitative estimate of drug-likeness (QED) is 0.337. The lowest BCUT2D eigenvalue weighted by atomic mass is 10.2. The smallest absolute Gasteiger partial charge is 0.161 e. The largest absolute Gasteiger partial charge is 0.493 e. The van der Waals surface area contributed by atoms with Crippen LogP contribution in [0, 0.1) is 0 Å². The number of halogens is 2. The lowest BCUT2D eigenvalue weighted by molar-refractivity contribution is 0.0490. The van der Waals surface area contributed by atoms with E-state index in [1.54, 1.807) is 48.5 Å². The van der Waals surface area contributed by atoms with Crippen LogP contribution in [0.5, 0.6) is 11.5 Å². The molecule has 1 aliphatic heterocycles. The molecule has 2 unspecified atom stereocenters. The number of aldehydes is 1. The maximum absolute atomic E-state index is 12.2. The van der Waals surface area contributed by atoms with E-state index in [1.165, 1.54) is 7.11 Å². The normalized spacial score (nSPS) is 17.6. The second-order valence-electron chi connectivity index (χ2n) is 8.87. The van der Waals surface area contributed by atoms with Gasteiger partial charge in [-0.15, -0.1) is 0 Å². The van der Waals surface area contributed by atoms with Crippen LogP contribution in [0.3, 0.4) is 0 Å². The summed E-state index contributed by atoms with van der Waals surface area (Å²) in [7, 11) is -1.69. The highest BCUT2D eigenvalue weighted by atomic mass is 35.5. The van der Waals surface area contributed by atoms with Gasteiger partial charge in [0.05, 0.1) is 30.2 Å². The molecule has 0 saturated carbocycles. The van der Waals surface area contributed by atoms with Gasteiger partial charge in [-0.1, -0.05) is 23.2 Å². The minimum atomic E-state index is -3.15. The molecule has 1 saturated heterocycles. The molecule has 2 atom stereocenters. The van der Waals surface area contributed by atoms with E-state index in [0.717, 1.165) is 0 Å². The van der Waals surface area contributed by atoms with Crippen LogP contribution in [0.25, 0.3) is 11.3 Å². The van der Waals surface area contributed by atoms with Crippen molar-refractivity contribution in [3.05, 3.63) is 69.9 Å². The number of benzene rings is 2. The van der Waals surface area contributed by atoms with Gasteiger partial charge in [-0.05, 0) is 55.0 Å². The molecule has 1 aliphatic rings. The topological polar surface area (TPSA) is 106 Å². The summed E-state index contributed by atoms with van der Waals surface area (Å²) in [6.07, 6.45) is 0.232. The van der Waals surface area contributed by atoms with Crippen molar-refractivity contribution in [3.8, 4) is 22.8 Å². The molecule has 11 heteroatoms. The summed E-state index contributed by atoms with van der Waals surface area (Å²) in [5, 5.41) is 11.8. The molecule has 0 radical (unpaired) electrons. The zero-order chi connectivity index (χ0) is 26.6. The van der Waals surface area contributed by atoms with Gasteiger partial charge < -0.3 is 19.0 Å². The second-order valence-corrected chi connectivity index (χ2v) is 11.9. The summed E-state index contributed by atoms with van der Waals surface area (Å²) < 4.78 is 41.4. The Kier molecular flexibility index (Phi) is 8.82. The fraction of sp³-hybridized carbons (Fsp3) is 0.346. The number of furan rings is 1. The summed E-state index contributed by atoms with van der Waals surface area (Å²) in [6, 6.07) is 13.1. The van der Waals surface area contributed by atoms with Crippen molar-refractivity contribution in [2.75, 3.05) is 31.8 Å². The first-order valence-corrected chi connectivity index (χ1v) is 14.2. The number of hydrogen-bond acceptors (Lipinski definition) is 8. The first kappa shape index (κ1) is 27.5. The number of nitrogens with zero attached hydrogens (tertiary/aromatic N) is 1. The Balaban J connectivity index is 1.47. The molecule has 37 heavy (non-hydrogen) atoms. The SMILES string of the molecule is COc1cc(C=O)ccc1OCC(O)CN(Cc1ccc(-c2cc(Cl)ccc2Cl)o1)C1CCS(=O)(=O)C1. The van der Waals surface area contributed by atoms with E-state index in [4.69, 9.17) is 37.1 Å². The van der Waals surface area contributed by atoms with E-state index in [0.29, 0.717) is 56.9 Å². The molecule has 2 aromatic carbocycles. The molecule has 0 amide bonds. The van der Waals surface area contributed by atoms with Gasteiger partial charge in [-0.25, -0.2) is 8.42 Å². The Morgan fingerprint density at radius 3 is 2.68 bits per heavy atom. The summed E-state index contributed by atoms with van der Waals surface area (Å²) in [4.78, 5) is 12.9. The summed E-state index contributed by atoms with van der Waals surface area (Å²) >= 11 is 12.4. The third-order valence-electron chi connectivity index (χ3n) is 6.14. The third kappa shape index (κ3) is 7.06. The fourth-order valence-electron chi connectivity index (χ4n) is 4.29.